The number of ketones is 2. The molecular weight excluding hydrogens is 290 g/mol. The van der Waals surface area contributed by atoms with Crippen molar-refractivity contribution in [3.05, 3.63) is 0 Å². The maximum Gasteiger partial charge on any atom is 0.314 e. The molecule has 0 aliphatic rings. The highest BCUT2D eigenvalue weighted by molar-refractivity contribution is 6.02. The van der Waals surface area contributed by atoms with Crippen molar-refractivity contribution in [3.63, 3.8) is 0 Å². The minimum absolute atomic E-state index is 0. The molecule has 0 saturated carbocycles. The van der Waals surface area contributed by atoms with Crippen LogP contribution in [-0.2, 0) is 23.9 Å². The highest BCUT2D eigenvalue weighted by Crippen LogP contribution is 2.09. The van der Waals surface area contributed by atoms with Gasteiger partial charge in [-0.15, -0.1) is 12.4 Å². The standard InChI is InChI=1S/C12H19NO6.ClH/c1-2-3-11(16)19-5-4-10(15)9(12(17)18)6-8(14)7-13;/h9H,2-7,13H2,1H3,(H,17,18);1H. The quantitative estimate of drug-likeness (QED) is 0.440. The molecule has 0 saturated heterocycles. The molecule has 20 heavy (non-hydrogen) atoms. The predicted octanol–water partition coefficient (Wildman–Crippen LogP) is 0.329. The first kappa shape index (κ1) is 20.8. The number of halogens is 1. The summed E-state index contributed by atoms with van der Waals surface area (Å²) in [7, 11) is 0. The van der Waals surface area contributed by atoms with Crippen LogP contribution in [0.1, 0.15) is 32.6 Å². The number of hydrogen-bond donors (Lipinski definition) is 2. The summed E-state index contributed by atoms with van der Waals surface area (Å²) in [5.41, 5.74) is 5.07. The molecule has 0 spiro atoms. The normalized spacial score (nSPS) is 11.1. The van der Waals surface area contributed by atoms with Crippen molar-refractivity contribution in [2.45, 2.75) is 32.6 Å². The Kier molecular flexibility index (Phi) is 11.8. The Labute approximate surface area is 123 Å². The van der Waals surface area contributed by atoms with E-state index in [9.17, 15) is 19.2 Å². The summed E-state index contributed by atoms with van der Waals surface area (Å²) in [6.07, 6.45) is 0.246. The van der Waals surface area contributed by atoms with Crippen LogP contribution in [0, 0.1) is 5.92 Å². The van der Waals surface area contributed by atoms with E-state index in [1.165, 1.54) is 0 Å². The number of hydrogen-bond acceptors (Lipinski definition) is 6. The SMILES string of the molecule is CCCC(=O)OCCC(=O)C(CC(=O)CN)C(=O)O.Cl. The maximum atomic E-state index is 11.6. The number of Topliss-reactive ketones (excluding diaryl/α,β-unsaturated/α-hetero) is 2. The van der Waals surface area contributed by atoms with Crippen LogP contribution in [0.4, 0.5) is 0 Å². The van der Waals surface area contributed by atoms with Crippen molar-refractivity contribution in [3.8, 4) is 0 Å². The van der Waals surface area contributed by atoms with E-state index in [1.807, 2.05) is 6.92 Å². The number of esters is 1. The van der Waals surface area contributed by atoms with Crippen LogP contribution in [0.15, 0.2) is 0 Å². The fraction of sp³-hybridized carbons (Fsp3) is 0.667. The number of carboxylic acids is 1. The first-order valence-electron chi connectivity index (χ1n) is 6.05. The second kappa shape index (κ2) is 11.4. The third-order valence-electron chi connectivity index (χ3n) is 2.41. The molecule has 3 N–H and O–H groups in total. The molecule has 8 heteroatoms. The number of aliphatic carboxylic acids is 1. The van der Waals surface area contributed by atoms with Gasteiger partial charge in [0.2, 0.25) is 0 Å². The summed E-state index contributed by atoms with van der Waals surface area (Å²) in [5, 5.41) is 8.86. The van der Waals surface area contributed by atoms with E-state index < -0.39 is 35.8 Å². The van der Waals surface area contributed by atoms with E-state index in [4.69, 9.17) is 15.6 Å². The number of carbonyl (C=O) groups excluding carboxylic acids is 3. The summed E-state index contributed by atoms with van der Waals surface area (Å²) in [5.74, 6) is -4.35. The topological polar surface area (TPSA) is 124 Å². The summed E-state index contributed by atoms with van der Waals surface area (Å²) in [4.78, 5) is 44.6. The van der Waals surface area contributed by atoms with Gasteiger partial charge >= 0.3 is 11.9 Å². The smallest absolute Gasteiger partial charge is 0.314 e. The van der Waals surface area contributed by atoms with E-state index in [-0.39, 0.29) is 38.4 Å². The van der Waals surface area contributed by atoms with Crippen LogP contribution >= 0.6 is 12.4 Å². The van der Waals surface area contributed by atoms with Crippen LogP contribution in [0.25, 0.3) is 0 Å². The van der Waals surface area contributed by atoms with Gasteiger partial charge in [0.05, 0.1) is 13.2 Å². The number of ether oxygens (including phenoxy) is 1. The van der Waals surface area contributed by atoms with E-state index in [1.54, 1.807) is 0 Å². The summed E-state index contributed by atoms with van der Waals surface area (Å²) < 4.78 is 4.75. The molecule has 0 aromatic heterocycles. The van der Waals surface area contributed by atoms with E-state index in [0.717, 1.165) is 0 Å². The fourth-order valence-electron chi connectivity index (χ4n) is 1.37. The molecule has 0 aromatic rings. The lowest BCUT2D eigenvalue weighted by Gasteiger charge is -2.10. The van der Waals surface area contributed by atoms with Crippen molar-refractivity contribution < 1.29 is 29.0 Å². The monoisotopic (exact) mass is 309 g/mol. The van der Waals surface area contributed by atoms with Gasteiger partial charge in [-0.25, -0.2) is 0 Å². The average Bonchev–Trinajstić information content (AvgIpc) is 2.35. The minimum atomic E-state index is -1.42. The Morgan fingerprint density at radius 3 is 2.25 bits per heavy atom. The third kappa shape index (κ3) is 8.60. The highest BCUT2D eigenvalue weighted by atomic mass is 35.5. The third-order valence-corrected chi connectivity index (χ3v) is 2.41. The molecule has 0 aliphatic heterocycles. The molecule has 0 fully saturated rings. The maximum absolute atomic E-state index is 11.6. The van der Waals surface area contributed by atoms with Crippen LogP contribution in [0.2, 0.25) is 0 Å². The number of carbonyl (C=O) groups is 4. The lowest BCUT2D eigenvalue weighted by Crippen LogP contribution is -2.29. The molecule has 0 bridgehead atoms. The van der Waals surface area contributed by atoms with Crippen molar-refractivity contribution in [2.75, 3.05) is 13.2 Å². The molecule has 0 aliphatic carbocycles. The zero-order chi connectivity index (χ0) is 14.8. The molecule has 0 amide bonds. The van der Waals surface area contributed by atoms with Gasteiger partial charge in [-0.05, 0) is 6.42 Å². The first-order chi connectivity index (χ1) is 8.92. The second-order valence-corrected chi connectivity index (χ2v) is 4.02. The summed E-state index contributed by atoms with van der Waals surface area (Å²) in [6, 6.07) is 0. The molecule has 0 rings (SSSR count). The van der Waals surface area contributed by atoms with E-state index in [2.05, 4.69) is 0 Å². The van der Waals surface area contributed by atoms with Gasteiger partial charge in [0.25, 0.3) is 0 Å². The van der Waals surface area contributed by atoms with E-state index >= 15 is 0 Å². The average molecular weight is 310 g/mol. The van der Waals surface area contributed by atoms with Gasteiger partial charge in [-0.3, -0.25) is 19.2 Å². The lowest BCUT2D eigenvalue weighted by molar-refractivity contribution is -0.149. The molecule has 7 nitrogen and oxygen atoms in total. The number of nitrogens with two attached hydrogens (primary N) is 1. The molecule has 0 radical (unpaired) electrons. The summed E-state index contributed by atoms with van der Waals surface area (Å²) >= 11 is 0. The number of rotatable bonds is 10. The Balaban J connectivity index is 0. The number of carboxylic acid groups (broad SMARTS) is 1. The van der Waals surface area contributed by atoms with E-state index in [0.29, 0.717) is 6.42 Å². The lowest BCUT2D eigenvalue weighted by atomic mass is 9.96. The van der Waals surface area contributed by atoms with Gasteiger partial charge in [-0.1, -0.05) is 6.92 Å². The van der Waals surface area contributed by atoms with Crippen LogP contribution in [0.3, 0.4) is 0 Å². The van der Waals surface area contributed by atoms with Crippen LogP contribution < -0.4 is 5.73 Å². The molecular formula is C12H20ClNO6. The molecule has 116 valence electrons. The van der Waals surface area contributed by atoms with Crippen molar-refractivity contribution in [2.24, 2.45) is 11.7 Å². The van der Waals surface area contributed by atoms with Crippen molar-refractivity contribution in [1.29, 1.82) is 0 Å². The van der Waals surface area contributed by atoms with Gasteiger partial charge in [-0.2, -0.15) is 0 Å². The Hall–Kier alpha value is -1.47. The van der Waals surface area contributed by atoms with Gasteiger partial charge in [0.15, 0.2) is 5.78 Å². The zero-order valence-electron chi connectivity index (χ0n) is 11.3. The van der Waals surface area contributed by atoms with Crippen molar-refractivity contribution in [1.82, 2.24) is 0 Å². The Bertz CT molecular complexity index is 358. The minimum Gasteiger partial charge on any atom is -0.481 e. The largest absolute Gasteiger partial charge is 0.481 e. The summed E-state index contributed by atoms with van der Waals surface area (Å²) in [6.45, 7) is 1.34. The Morgan fingerprint density at radius 2 is 1.80 bits per heavy atom. The van der Waals surface area contributed by atoms with Crippen LogP contribution in [-0.4, -0.2) is 41.8 Å². The molecule has 0 aromatic carbocycles. The molecule has 1 unspecified atom stereocenters. The van der Waals surface area contributed by atoms with Gasteiger partial charge in [0.1, 0.15) is 11.7 Å². The molecule has 1 atom stereocenters. The predicted molar refractivity (Wildman–Crippen MR) is 72.5 cm³/mol. The van der Waals surface area contributed by atoms with Crippen LogP contribution in [0.5, 0.6) is 0 Å². The van der Waals surface area contributed by atoms with Gasteiger partial charge in [0, 0.05) is 19.3 Å². The first-order valence-corrected chi connectivity index (χ1v) is 6.05. The molecule has 0 heterocycles. The van der Waals surface area contributed by atoms with Gasteiger partial charge < -0.3 is 15.6 Å². The zero-order valence-corrected chi connectivity index (χ0v) is 12.1. The highest BCUT2D eigenvalue weighted by Gasteiger charge is 2.28. The fourth-order valence-corrected chi connectivity index (χ4v) is 1.37. The Morgan fingerprint density at radius 1 is 1.20 bits per heavy atom. The second-order valence-electron chi connectivity index (χ2n) is 4.02. The van der Waals surface area contributed by atoms with Crippen molar-refractivity contribution >= 4 is 35.9 Å².